The van der Waals surface area contributed by atoms with E-state index in [1.165, 1.54) is 32.3 Å². The van der Waals surface area contributed by atoms with Gasteiger partial charge < -0.3 is 10.6 Å². The summed E-state index contributed by atoms with van der Waals surface area (Å²) < 4.78 is 23.3. The lowest BCUT2D eigenvalue weighted by atomic mass is 9.84. The third-order valence-electron chi connectivity index (χ3n) is 8.73. The van der Waals surface area contributed by atoms with Gasteiger partial charge in [0, 0.05) is 43.5 Å². The van der Waals surface area contributed by atoms with Crippen molar-refractivity contribution in [2.75, 3.05) is 25.9 Å². The van der Waals surface area contributed by atoms with Crippen LogP contribution in [0.5, 0.6) is 0 Å². The molecule has 7 nitrogen and oxygen atoms in total. The molecule has 0 saturated carbocycles. The maximum absolute atomic E-state index is 13.4. The number of hydrogen-bond acceptors (Lipinski definition) is 5. The van der Waals surface area contributed by atoms with Gasteiger partial charge in [0.05, 0.1) is 0 Å². The zero-order chi connectivity index (χ0) is 26.7. The van der Waals surface area contributed by atoms with Crippen molar-refractivity contribution in [1.29, 1.82) is 0 Å². The van der Waals surface area contributed by atoms with Gasteiger partial charge in [-0.25, -0.2) is 8.42 Å². The molecule has 2 fully saturated rings. The summed E-state index contributed by atoms with van der Waals surface area (Å²) in [6.07, 6.45) is 8.40. The Bertz CT molecular complexity index is 1020. The van der Waals surface area contributed by atoms with E-state index in [1.807, 2.05) is 17.0 Å². The molecule has 1 unspecified atom stereocenters. The average Bonchev–Trinajstić information content (AvgIpc) is 3.06. The standard InChI is InChI=1S/C28H45N3O4S/c1-6-20(7-2)19-30(27(33)28(3,4)36(5,34)35)14-9-15-31-24-12-13-25(31)18-23(17-24)21-10-8-11-22(16-21)26(29)32/h8,10-11,16,20,23-25H,6-7,9,12-15,17-19H2,1-5H3,(H2,29,32)/t23?,24-,25+. The van der Waals surface area contributed by atoms with Gasteiger partial charge in [-0.15, -0.1) is 0 Å². The molecule has 3 rings (SSSR count). The second kappa shape index (κ2) is 11.6. The Hall–Kier alpha value is -1.93. The van der Waals surface area contributed by atoms with Crippen molar-refractivity contribution < 1.29 is 18.0 Å². The summed E-state index contributed by atoms with van der Waals surface area (Å²) in [5.41, 5.74) is 7.26. The minimum absolute atomic E-state index is 0.284. The summed E-state index contributed by atoms with van der Waals surface area (Å²) >= 11 is 0. The second-order valence-corrected chi connectivity index (χ2v) is 13.9. The normalized spacial score (nSPS) is 22.7. The number of fused-ring (bicyclic) bond motifs is 2. The van der Waals surface area contributed by atoms with Crippen LogP contribution in [0.1, 0.15) is 94.5 Å². The van der Waals surface area contributed by atoms with Crippen LogP contribution >= 0.6 is 0 Å². The van der Waals surface area contributed by atoms with Crippen LogP contribution in [-0.4, -0.2) is 72.8 Å². The molecule has 1 aromatic carbocycles. The Balaban J connectivity index is 1.64. The Morgan fingerprint density at radius 2 is 1.75 bits per heavy atom. The molecular weight excluding hydrogens is 474 g/mol. The van der Waals surface area contributed by atoms with E-state index in [0.29, 0.717) is 42.6 Å². The number of benzene rings is 1. The van der Waals surface area contributed by atoms with Crippen LogP contribution in [0.25, 0.3) is 0 Å². The van der Waals surface area contributed by atoms with Crippen molar-refractivity contribution in [3.63, 3.8) is 0 Å². The highest BCUT2D eigenvalue weighted by Gasteiger charge is 2.43. The Morgan fingerprint density at radius 3 is 2.28 bits per heavy atom. The molecule has 2 heterocycles. The van der Waals surface area contributed by atoms with Crippen LogP contribution in [0.3, 0.4) is 0 Å². The fourth-order valence-electron chi connectivity index (χ4n) is 5.98. The Labute approximate surface area is 217 Å². The van der Waals surface area contributed by atoms with E-state index in [2.05, 4.69) is 24.8 Å². The summed E-state index contributed by atoms with van der Waals surface area (Å²) in [6, 6.07) is 8.76. The van der Waals surface area contributed by atoms with E-state index >= 15 is 0 Å². The molecule has 36 heavy (non-hydrogen) atoms. The van der Waals surface area contributed by atoms with E-state index in [0.717, 1.165) is 44.9 Å². The van der Waals surface area contributed by atoms with Gasteiger partial charge in [-0.1, -0.05) is 38.8 Å². The highest BCUT2D eigenvalue weighted by atomic mass is 32.2. The zero-order valence-corrected chi connectivity index (χ0v) is 23.5. The van der Waals surface area contributed by atoms with Crippen LogP contribution in [0, 0.1) is 5.92 Å². The predicted molar refractivity (Wildman–Crippen MR) is 145 cm³/mol. The molecule has 0 aromatic heterocycles. The molecular formula is C28H45N3O4S. The molecule has 2 aliphatic rings. The number of sulfone groups is 1. The monoisotopic (exact) mass is 519 g/mol. The van der Waals surface area contributed by atoms with Crippen LogP contribution in [0.4, 0.5) is 0 Å². The highest BCUT2D eigenvalue weighted by Crippen LogP contribution is 2.43. The number of amides is 2. The number of carbonyl (C=O) groups excluding carboxylic acids is 2. The Kier molecular flexibility index (Phi) is 9.25. The molecule has 2 amide bonds. The van der Waals surface area contributed by atoms with Crippen molar-refractivity contribution >= 4 is 21.7 Å². The van der Waals surface area contributed by atoms with E-state index in [9.17, 15) is 18.0 Å². The molecule has 2 N–H and O–H groups in total. The number of carbonyl (C=O) groups is 2. The van der Waals surface area contributed by atoms with Crippen molar-refractivity contribution in [2.24, 2.45) is 11.7 Å². The molecule has 202 valence electrons. The minimum Gasteiger partial charge on any atom is -0.366 e. The third-order valence-corrected chi connectivity index (χ3v) is 10.8. The van der Waals surface area contributed by atoms with Gasteiger partial charge in [-0.05, 0) is 75.5 Å². The quantitative estimate of drug-likeness (QED) is 0.450. The fraction of sp³-hybridized carbons (Fsp3) is 0.714. The van der Waals surface area contributed by atoms with Crippen molar-refractivity contribution in [2.45, 2.75) is 95.4 Å². The molecule has 0 radical (unpaired) electrons. The predicted octanol–water partition coefficient (Wildman–Crippen LogP) is 3.97. The first-order valence-electron chi connectivity index (χ1n) is 13.5. The van der Waals surface area contributed by atoms with Crippen molar-refractivity contribution in [1.82, 2.24) is 9.80 Å². The first-order valence-corrected chi connectivity index (χ1v) is 15.4. The smallest absolute Gasteiger partial charge is 0.248 e. The van der Waals surface area contributed by atoms with E-state index in [1.54, 1.807) is 6.07 Å². The average molecular weight is 520 g/mol. The van der Waals surface area contributed by atoms with Gasteiger partial charge in [-0.2, -0.15) is 0 Å². The lowest BCUT2D eigenvalue weighted by Crippen LogP contribution is -2.51. The van der Waals surface area contributed by atoms with Crippen LogP contribution in [-0.2, 0) is 14.6 Å². The van der Waals surface area contributed by atoms with Crippen molar-refractivity contribution in [3.05, 3.63) is 35.4 Å². The van der Waals surface area contributed by atoms with Gasteiger partial charge >= 0.3 is 0 Å². The number of primary amides is 1. The van der Waals surface area contributed by atoms with Crippen molar-refractivity contribution in [3.8, 4) is 0 Å². The number of nitrogens with zero attached hydrogens (tertiary/aromatic N) is 2. The van der Waals surface area contributed by atoms with Crippen LogP contribution in [0.2, 0.25) is 0 Å². The minimum atomic E-state index is -3.52. The van der Waals surface area contributed by atoms with Gasteiger partial charge in [0.2, 0.25) is 11.8 Å². The van der Waals surface area contributed by atoms with E-state index in [4.69, 9.17) is 5.73 Å². The first kappa shape index (κ1) is 28.6. The molecule has 8 heteroatoms. The number of rotatable bonds is 12. The molecule has 0 aliphatic carbocycles. The number of nitrogens with two attached hydrogens (primary N) is 1. The first-order chi connectivity index (χ1) is 16.9. The van der Waals surface area contributed by atoms with Crippen LogP contribution in [0.15, 0.2) is 24.3 Å². The summed E-state index contributed by atoms with van der Waals surface area (Å²) in [7, 11) is -3.52. The Morgan fingerprint density at radius 1 is 1.14 bits per heavy atom. The summed E-state index contributed by atoms with van der Waals surface area (Å²) in [5, 5.41) is 0. The van der Waals surface area contributed by atoms with E-state index < -0.39 is 14.6 Å². The largest absolute Gasteiger partial charge is 0.366 e. The van der Waals surface area contributed by atoms with Gasteiger partial charge in [0.25, 0.3) is 0 Å². The SMILES string of the molecule is CCC(CC)CN(CCCN1[C@@H]2CC[C@H]1CC(c1cccc(C(N)=O)c1)C2)C(=O)C(C)(C)S(C)(=O)=O. The maximum Gasteiger partial charge on any atom is 0.248 e. The third kappa shape index (κ3) is 6.31. The van der Waals surface area contributed by atoms with E-state index in [-0.39, 0.29) is 11.8 Å². The fourth-order valence-corrected chi connectivity index (χ4v) is 6.42. The lowest BCUT2D eigenvalue weighted by molar-refractivity contribution is -0.134. The highest BCUT2D eigenvalue weighted by molar-refractivity contribution is 7.92. The maximum atomic E-state index is 13.4. The zero-order valence-electron chi connectivity index (χ0n) is 22.7. The summed E-state index contributed by atoms with van der Waals surface area (Å²) in [4.78, 5) is 29.4. The summed E-state index contributed by atoms with van der Waals surface area (Å²) in [5.74, 6) is 0.130. The molecule has 1 aromatic rings. The molecule has 2 saturated heterocycles. The lowest BCUT2D eigenvalue weighted by Gasteiger charge is -2.40. The van der Waals surface area contributed by atoms with Gasteiger partial charge in [0.1, 0.15) is 4.75 Å². The molecule has 2 aliphatic heterocycles. The number of hydrogen-bond donors (Lipinski definition) is 1. The van der Waals surface area contributed by atoms with Gasteiger partial charge in [-0.3, -0.25) is 14.5 Å². The molecule has 3 atom stereocenters. The topological polar surface area (TPSA) is 101 Å². The molecule has 0 spiro atoms. The summed E-state index contributed by atoms with van der Waals surface area (Å²) in [6.45, 7) is 9.41. The number of piperidine rings is 1. The second-order valence-electron chi connectivity index (χ2n) is 11.4. The van der Waals surface area contributed by atoms with Gasteiger partial charge in [0.15, 0.2) is 9.84 Å². The molecule has 2 bridgehead atoms. The van der Waals surface area contributed by atoms with Crippen LogP contribution < -0.4 is 5.73 Å².